The maximum Gasteiger partial charge on any atom is 0.261 e. The summed E-state index contributed by atoms with van der Waals surface area (Å²) in [4.78, 5) is 0. The molecule has 2 saturated carbocycles. The molecule has 2 aliphatic carbocycles. The predicted octanol–water partition coefficient (Wildman–Crippen LogP) is 7.14. The lowest BCUT2D eigenvalue weighted by atomic mass is 9.94. The van der Waals surface area contributed by atoms with Crippen LogP contribution >= 0.6 is 23.2 Å². The summed E-state index contributed by atoms with van der Waals surface area (Å²) in [5.41, 5.74) is 0.856. The fraction of sp³-hybridized carbons (Fsp3) is 0.385. The van der Waals surface area contributed by atoms with E-state index in [0.29, 0.717) is 6.61 Å². The van der Waals surface area contributed by atoms with Crippen LogP contribution in [-0.2, 0) is 15.3 Å². The van der Waals surface area contributed by atoms with E-state index in [2.05, 4.69) is 69.3 Å². The second-order valence-electron chi connectivity index (χ2n) is 13.7. The summed E-state index contributed by atoms with van der Waals surface area (Å²) in [5, 5.41) is 31.1. The Morgan fingerprint density at radius 2 is 1.10 bits per heavy atom. The molecule has 0 unspecified atom stereocenters. The summed E-state index contributed by atoms with van der Waals surface area (Å²) < 4.78 is 33.8. The summed E-state index contributed by atoms with van der Waals surface area (Å²) in [6.45, 7) is 7.36. The fourth-order valence-corrected chi connectivity index (χ4v) is 11.7. The number of rotatable bonds is 10. The standard InChI is InChI=1S/C27H31FO2Si.C11H13FO2.CH2Cl2/c1-26(2,3)31(24-13-6-4-7-14-24,25-15-8-5-9-16-25)30-19-22-18-27(22,20-29)21-11-10-12-23(28)17-21;12-10-3-1-2-8(4-10)11(7-14)5-9(11)6-13;2-1-3/h4-17,22,29H,18-20H2,1-3H3;1-4,9,13-14H,5-7H2;1H2/t22-,27+;9-,11+;/m00./s1. The molecule has 2 aliphatic rings. The summed E-state index contributed by atoms with van der Waals surface area (Å²) in [6.07, 6.45) is 1.55. The van der Waals surface area contributed by atoms with E-state index in [1.54, 1.807) is 24.3 Å². The molecule has 6 rings (SSSR count). The number of hydrogen-bond donors (Lipinski definition) is 3. The lowest BCUT2D eigenvalue weighted by Gasteiger charge is -2.43. The Labute approximate surface area is 294 Å². The van der Waals surface area contributed by atoms with Gasteiger partial charge in [0.05, 0.1) is 18.6 Å². The second-order valence-corrected chi connectivity index (χ2v) is 18.8. The molecule has 0 heterocycles. The number of aliphatic hydroxyl groups excluding tert-OH is 3. The quantitative estimate of drug-likeness (QED) is 0.121. The van der Waals surface area contributed by atoms with E-state index >= 15 is 0 Å². The summed E-state index contributed by atoms with van der Waals surface area (Å²) in [5.74, 6) is -0.307. The molecule has 4 atom stereocenters. The lowest BCUT2D eigenvalue weighted by molar-refractivity contribution is 0.213. The minimum Gasteiger partial charge on any atom is -0.407 e. The third kappa shape index (κ3) is 8.05. The predicted molar refractivity (Wildman–Crippen MR) is 194 cm³/mol. The molecule has 0 aromatic heterocycles. The van der Waals surface area contributed by atoms with Crippen molar-refractivity contribution in [3.63, 3.8) is 0 Å². The number of halogens is 4. The minimum atomic E-state index is -2.61. The first kappa shape index (κ1) is 38.2. The molecule has 4 nitrogen and oxygen atoms in total. The monoisotopic (exact) mass is 714 g/mol. The molecule has 0 bridgehead atoms. The van der Waals surface area contributed by atoms with E-state index in [-0.39, 0.29) is 53.7 Å². The van der Waals surface area contributed by atoms with E-state index in [0.717, 1.165) is 24.0 Å². The Bertz CT molecular complexity index is 1550. The molecule has 2 fully saturated rings. The first-order valence-corrected chi connectivity index (χ1v) is 19.2. The maximum absolute atomic E-state index is 13.9. The number of benzene rings is 4. The molecule has 0 spiro atoms. The van der Waals surface area contributed by atoms with Crippen LogP contribution in [0, 0.1) is 23.5 Å². The van der Waals surface area contributed by atoms with Crippen molar-refractivity contribution >= 4 is 41.9 Å². The maximum atomic E-state index is 13.9. The zero-order valence-electron chi connectivity index (χ0n) is 27.8. The lowest BCUT2D eigenvalue weighted by Crippen LogP contribution is -2.66. The Kier molecular flexibility index (Phi) is 13.0. The molecule has 48 heavy (non-hydrogen) atoms. The van der Waals surface area contributed by atoms with Crippen molar-refractivity contribution in [1.29, 1.82) is 0 Å². The van der Waals surface area contributed by atoms with Gasteiger partial charge in [0.25, 0.3) is 8.32 Å². The van der Waals surface area contributed by atoms with Crippen molar-refractivity contribution in [1.82, 2.24) is 0 Å². The topological polar surface area (TPSA) is 69.9 Å². The van der Waals surface area contributed by atoms with Crippen LogP contribution in [0.2, 0.25) is 5.04 Å². The van der Waals surface area contributed by atoms with Gasteiger partial charge in [-0.25, -0.2) is 8.78 Å². The van der Waals surface area contributed by atoms with Crippen LogP contribution in [0.3, 0.4) is 0 Å². The van der Waals surface area contributed by atoms with Gasteiger partial charge in [-0.1, -0.05) is 106 Å². The van der Waals surface area contributed by atoms with Crippen molar-refractivity contribution in [3.8, 4) is 0 Å². The van der Waals surface area contributed by atoms with Crippen LogP contribution in [0.15, 0.2) is 109 Å². The van der Waals surface area contributed by atoms with E-state index in [1.165, 1.54) is 28.6 Å². The molecule has 0 radical (unpaired) electrons. The van der Waals surface area contributed by atoms with Crippen LogP contribution in [0.1, 0.15) is 44.7 Å². The Balaban J connectivity index is 0.000000254. The van der Waals surface area contributed by atoms with Gasteiger partial charge < -0.3 is 19.7 Å². The summed E-state index contributed by atoms with van der Waals surface area (Å²) in [7, 11) is -2.61. The third-order valence-corrected chi connectivity index (χ3v) is 15.0. The van der Waals surface area contributed by atoms with Gasteiger partial charge in [0, 0.05) is 24.0 Å². The average molecular weight is 716 g/mol. The minimum absolute atomic E-state index is 0.00519. The number of hydrogen-bond acceptors (Lipinski definition) is 4. The SMILES string of the molecule is CC(C)(C)[Si](OC[C@@H]1C[C@@]1(CO)c1cccc(F)c1)(c1ccccc1)c1ccccc1.ClCCl.OC[C@@H]1C[C@@]1(CO)c1cccc(F)c1. The smallest absolute Gasteiger partial charge is 0.261 e. The highest BCUT2D eigenvalue weighted by Crippen LogP contribution is 2.55. The van der Waals surface area contributed by atoms with Gasteiger partial charge in [-0.15, -0.1) is 23.2 Å². The van der Waals surface area contributed by atoms with Crippen LogP contribution < -0.4 is 10.4 Å². The highest BCUT2D eigenvalue weighted by atomic mass is 35.5. The van der Waals surface area contributed by atoms with Crippen LogP contribution in [0.5, 0.6) is 0 Å². The van der Waals surface area contributed by atoms with E-state index in [4.69, 9.17) is 32.7 Å². The molecule has 3 N–H and O–H groups in total. The van der Waals surface area contributed by atoms with Crippen molar-refractivity contribution < 1.29 is 28.5 Å². The molecular formula is C39H46Cl2F2O4Si. The Hall–Kier alpha value is -2.62. The van der Waals surface area contributed by atoms with Crippen LogP contribution in [-0.4, -0.2) is 55.4 Å². The zero-order chi connectivity index (χ0) is 35.0. The summed E-state index contributed by atoms with van der Waals surface area (Å²) >= 11 is 9.53. The largest absolute Gasteiger partial charge is 0.407 e. The van der Waals surface area contributed by atoms with Gasteiger partial charge in [-0.3, -0.25) is 0 Å². The zero-order valence-corrected chi connectivity index (χ0v) is 30.3. The van der Waals surface area contributed by atoms with Gasteiger partial charge in [-0.05, 0) is 75.5 Å². The first-order chi connectivity index (χ1) is 23.0. The number of aliphatic hydroxyl groups is 3. The molecule has 0 amide bonds. The van der Waals surface area contributed by atoms with E-state index in [1.807, 2.05) is 18.2 Å². The van der Waals surface area contributed by atoms with E-state index in [9.17, 15) is 19.0 Å². The van der Waals surface area contributed by atoms with Gasteiger partial charge >= 0.3 is 0 Å². The van der Waals surface area contributed by atoms with Crippen LogP contribution in [0.4, 0.5) is 8.78 Å². The molecule has 0 saturated heterocycles. The normalized spacial score (nSPS) is 22.9. The van der Waals surface area contributed by atoms with Crippen molar-refractivity contribution in [2.75, 3.05) is 31.8 Å². The third-order valence-electron chi connectivity index (χ3n) is 9.97. The Morgan fingerprint density at radius 1 is 0.688 bits per heavy atom. The first-order valence-electron chi connectivity index (χ1n) is 16.2. The van der Waals surface area contributed by atoms with Gasteiger partial charge in [0.1, 0.15) is 11.6 Å². The molecule has 4 aromatic carbocycles. The van der Waals surface area contributed by atoms with Crippen molar-refractivity contribution in [3.05, 3.63) is 132 Å². The fourth-order valence-electron chi connectivity index (χ4n) is 7.08. The molecular weight excluding hydrogens is 669 g/mol. The van der Waals surface area contributed by atoms with Gasteiger partial charge in [0.15, 0.2) is 0 Å². The molecule has 258 valence electrons. The van der Waals surface area contributed by atoms with Crippen molar-refractivity contribution in [2.24, 2.45) is 11.8 Å². The molecule has 9 heteroatoms. The average Bonchev–Trinajstić information content (AvgIpc) is 4.00. The highest BCUT2D eigenvalue weighted by Gasteiger charge is 2.58. The Morgan fingerprint density at radius 3 is 1.46 bits per heavy atom. The summed E-state index contributed by atoms with van der Waals surface area (Å²) in [6, 6.07) is 34.0. The second kappa shape index (κ2) is 16.4. The molecule has 0 aliphatic heterocycles. The van der Waals surface area contributed by atoms with Gasteiger partial charge in [0.2, 0.25) is 0 Å². The molecule has 4 aromatic rings. The van der Waals surface area contributed by atoms with Crippen molar-refractivity contribution in [2.45, 2.75) is 49.5 Å². The number of alkyl halides is 2. The van der Waals surface area contributed by atoms with Crippen LogP contribution in [0.25, 0.3) is 0 Å². The van der Waals surface area contributed by atoms with Gasteiger partial charge in [-0.2, -0.15) is 0 Å². The highest BCUT2D eigenvalue weighted by molar-refractivity contribution is 6.99. The van der Waals surface area contributed by atoms with E-state index < -0.39 is 19.1 Å².